The number of amides is 1. The highest BCUT2D eigenvalue weighted by Crippen LogP contribution is 2.26. The van der Waals surface area contributed by atoms with Crippen LogP contribution in [0.3, 0.4) is 0 Å². The third kappa shape index (κ3) is 5.98. The molecule has 0 spiro atoms. The Morgan fingerprint density at radius 3 is 2.38 bits per heavy atom. The van der Waals surface area contributed by atoms with Crippen LogP contribution < -0.4 is 10.1 Å². The van der Waals surface area contributed by atoms with Gasteiger partial charge in [-0.3, -0.25) is 9.69 Å². The van der Waals surface area contributed by atoms with Gasteiger partial charge in [-0.2, -0.15) is 0 Å². The fourth-order valence-corrected chi connectivity index (χ4v) is 4.11. The highest BCUT2D eigenvalue weighted by Gasteiger charge is 2.31. The summed E-state index contributed by atoms with van der Waals surface area (Å²) in [6.07, 6.45) is -4.73. The number of aromatic nitrogens is 1. The molecule has 1 fully saturated rings. The molecule has 0 saturated carbocycles. The molecule has 1 saturated heterocycles. The van der Waals surface area contributed by atoms with E-state index in [2.05, 4.69) is 32.1 Å². The number of thiazole rings is 1. The highest BCUT2D eigenvalue weighted by atomic mass is 32.1. The van der Waals surface area contributed by atoms with Crippen LogP contribution in [0.15, 0.2) is 60.0 Å². The number of anilines is 2. The molecule has 0 bridgehead atoms. The predicted octanol–water partition coefficient (Wildman–Crippen LogP) is 4.74. The summed E-state index contributed by atoms with van der Waals surface area (Å²) < 4.78 is 40.6. The van der Waals surface area contributed by atoms with Gasteiger partial charge in [-0.05, 0) is 29.8 Å². The number of carbonyl (C=O) groups excluding carboxylic acids is 1. The van der Waals surface area contributed by atoms with Crippen molar-refractivity contribution < 1.29 is 22.7 Å². The fraction of sp³-hybridized carbons (Fsp3) is 0.273. The summed E-state index contributed by atoms with van der Waals surface area (Å²) in [5.74, 6) is -0.424. The van der Waals surface area contributed by atoms with E-state index in [1.807, 2.05) is 18.2 Å². The van der Waals surface area contributed by atoms with E-state index in [4.69, 9.17) is 0 Å². The van der Waals surface area contributed by atoms with Gasteiger partial charge in [0.2, 0.25) is 0 Å². The maximum atomic E-state index is 12.8. The normalized spacial score (nSPS) is 14.9. The molecule has 3 aromatic rings. The van der Waals surface area contributed by atoms with E-state index in [-0.39, 0.29) is 11.7 Å². The number of piperazine rings is 1. The molecule has 6 nitrogen and oxygen atoms in total. The second-order valence-electron chi connectivity index (χ2n) is 7.29. The number of rotatable bonds is 6. The zero-order valence-corrected chi connectivity index (χ0v) is 17.8. The van der Waals surface area contributed by atoms with Crippen LogP contribution in [0.4, 0.5) is 24.0 Å². The van der Waals surface area contributed by atoms with Gasteiger partial charge in [0, 0.05) is 43.8 Å². The predicted molar refractivity (Wildman–Crippen MR) is 116 cm³/mol. The van der Waals surface area contributed by atoms with Crippen molar-refractivity contribution in [2.24, 2.45) is 0 Å². The van der Waals surface area contributed by atoms with Crippen LogP contribution in [0.1, 0.15) is 16.1 Å². The molecular weight excluding hydrogens is 441 g/mol. The Morgan fingerprint density at radius 1 is 1.03 bits per heavy atom. The number of halogens is 3. The first kappa shape index (κ1) is 22.1. The second kappa shape index (κ2) is 9.58. The lowest BCUT2D eigenvalue weighted by Crippen LogP contribution is -2.48. The Kier molecular flexibility index (Phi) is 6.61. The number of nitrogens with one attached hydrogen (secondary N) is 1. The van der Waals surface area contributed by atoms with Crippen LogP contribution in [0, 0.1) is 0 Å². The van der Waals surface area contributed by atoms with Gasteiger partial charge < -0.3 is 15.0 Å². The number of nitrogens with zero attached hydrogens (tertiary/aromatic N) is 3. The second-order valence-corrected chi connectivity index (χ2v) is 8.15. The zero-order chi connectivity index (χ0) is 22.6. The number of hydrogen-bond donors (Lipinski definition) is 1. The van der Waals surface area contributed by atoms with Crippen LogP contribution in [-0.4, -0.2) is 53.2 Å². The summed E-state index contributed by atoms with van der Waals surface area (Å²) in [4.78, 5) is 21.3. The van der Waals surface area contributed by atoms with E-state index < -0.39 is 6.36 Å². The SMILES string of the molecule is O=C(c1csc(Nc2ccc(OC(F)(F)F)cc2)n1)N1CCN(Cc2ccccc2)CC1. The lowest BCUT2D eigenvalue weighted by atomic mass is 10.2. The first-order valence-electron chi connectivity index (χ1n) is 10.00. The van der Waals surface area contributed by atoms with E-state index >= 15 is 0 Å². The summed E-state index contributed by atoms with van der Waals surface area (Å²) >= 11 is 1.26. The Balaban J connectivity index is 1.29. The van der Waals surface area contributed by atoms with Gasteiger partial charge in [0.25, 0.3) is 5.91 Å². The van der Waals surface area contributed by atoms with Crippen molar-refractivity contribution in [3.05, 3.63) is 71.2 Å². The highest BCUT2D eigenvalue weighted by molar-refractivity contribution is 7.14. The van der Waals surface area contributed by atoms with Crippen molar-refractivity contribution in [3.63, 3.8) is 0 Å². The maximum absolute atomic E-state index is 12.8. The Morgan fingerprint density at radius 2 is 1.72 bits per heavy atom. The number of carbonyl (C=O) groups is 1. The standard InChI is InChI=1S/C22H21F3N4O2S/c23-22(24,25)31-18-8-6-17(7-9-18)26-21-27-19(15-32-21)20(30)29-12-10-28(11-13-29)14-16-4-2-1-3-5-16/h1-9,15H,10-14H2,(H,26,27). The first-order chi connectivity index (χ1) is 15.4. The van der Waals surface area contributed by atoms with Crippen molar-refractivity contribution in [1.29, 1.82) is 0 Å². The van der Waals surface area contributed by atoms with Gasteiger partial charge in [-0.15, -0.1) is 24.5 Å². The molecule has 0 aliphatic carbocycles. The molecule has 1 aliphatic rings. The summed E-state index contributed by atoms with van der Waals surface area (Å²) in [6, 6.07) is 15.6. The van der Waals surface area contributed by atoms with Gasteiger partial charge in [-0.25, -0.2) is 4.98 Å². The molecule has 1 N–H and O–H groups in total. The van der Waals surface area contributed by atoms with Crippen molar-refractivity contribution in [2.45, 2.75) is 12.9 Å². The third-order valence-electron chi connectivity index (χ3n) is 4.97. The summed E-state index contributed by atoms with van der Waals surface area (Å²) in [5, 5.41) is 5.17. The fourth-order valence-electron chi connectivity index (χ4n) is 3.41. The average molecular weight is 462 g/mol. The third-order valence-corrected chi connectivity index (χ3v) is 5.73. The lowest BCUT2D eigenvalue weighted by Gasteiger charge is -2.34. The topological polar surface area (TPSA) is 57.7 Å². The van der Waals surface area contributed by atoms with Crippen molar-refractivity contribution in [3.8, 4) is 5.75 Å². The van der Waals surface area contributed by atoms with Gasteiger partial charge in [0.1, 0.15) is 11.4 Å². The van der Waals surface area contributed by atoms with Crippen LogP contribution >= 0.6 is 11.3 Å². The molecule has 2 aromatic carbocycles. The largest absolute Gasteiger partial charge is 0.573 e. The monoisotopic (exact) mass is 462 g/mol. The van der Waals surface area contributed by atoms with Crippen LogP contribution in [-0.2, 0) is 6.54 Å². The molecule has 0 atom stereocenters. The molecule has 1 amide bonds. The molecule has 4 rings (SSSR count). The van der Waals surface area contributed by atoms with E-state index in [9.17, 15) is 18.0 Å². The van der Waals surface area contributed by atoms with Crippen LogP contribution in [0.5, 0.6) is 5.75 Å². The molecule has 1 aliphatic heterocycles. The average Bonchev–Trinajstić information content (AvgIpc) is 3.23. The van der Waals surface area contributed by atoms with E-state index in [0.29, 0.717) is 29.6 Å². The molecule has 0 radical (unpaired) electrons. The molecular formula is C22H21F3N4O2S. The first-order valence-corrected chi connectivity index (χ1v) is 10.9. The lowest BCUT2D eigenvalue weighted by molar-refractivity contribution is -0.274. The van der Waals surface area contributed by atoms with Crippen LogP contribution in [0.2, 0.25) is 0 Å². The summed E-state index contributed by atoms with van der Waals surface area (Å²) in [6.45, 7) is 3.71. The maximum Gasteiger partial charge on any atom is 0.573 e. The van der Waals surface area contributed by atoms with E-state index in [0.717, 1.165) is 19.6 Å². The molecule has 168 valence electrons. The van der Waals surface area contributed by atoms with Gasteiger partial charge in [-0.1, -0.05) is 30.3 Å². The van der Waals surface area contributed by atoms with E-state index in [1.54, 1.807) is 10.3 Å². The minimum atomic E-state index is -4.73. The molecule has 10 heteroatoms. The van der Waals surface area contributed by atoms with Crippen molar-refractivity contribution in [2.75, 3.05) is 31.5 Å². The molecule has 1 aromatic heterocycles. The summed E-state index contributed by atoms with van der Waals surface area (Å²) in [5.41, 5.74) is 2.15. The Labute approximate surface area is 187 Å². The Bertz CT molecular complexity index is 1030. The van der Waals surface area contributed by atoms with Crippen molar-refractivity contribution >= 4 is 28.1 Å². The summed E-state index contributed by atoms with van der Waals surface area (Å²) in [7, 11) is 0. The minimum Gasteiger partial charge on any atom is -0.406 e. The number of alkyl halides is 3. The van der Waals surface area contributed by atoms with Crippen LogP contribution in [0.25, 0.3) is 0 Å². The molecule has 0 unspecified atom stereocenters. The van der Waals surface area contributed by atoms with Gasteiger partial charge in [0.15, 0.2) is 5.13 Å². The minimum absolute atomic E-state index is 0.123. The number of ether oxygens (including phenoxy) is 1. The molecule has 2 heterocycles. The number of hydrogen-bond acceptors (Lipinski definition) is 6. The van der Waals surface area contributed by atoms with Crippen molar-refractivity contribution in [1.82, 2.24) is 14.8 Å². The quantitative estimate of drug-likeness (QED) is 0.573. The number of benzene rings is 2. The Hall–Kier alpha value is -3.11. The molecule has 32 heavy (non-hydrogen) atoms. The van der Waals surface area contributed by atoms with E-state index in [1.165, 1.54) is 41.2 Å². The zero-order valence-electron chi connectivity index (χ0n) is 17.0. The van der Waals surface area contributed by atoms with Gasteiger partial charge >= 0.3 is 6.36 Å². The van der Waals surface area contributed by atoms with Gasteiger partial charge in [0.05, 0.1) is 0 Å². The smallest absolute Gasteiger partial charge is 0.406 e.